The zero-order valence-corrected chi connectivity index (χ0v) is 9.09. The average molecular weight is 214 g/mol. The van der Waals surface area contributed by atoms with Crippen molar-refractivity contribution < 1.29 is 4.79 Å². The zero-order chi connectivity index (χ0) is 10.7. The molecule has 4 nitrogen and oxygen atoms in total. The maximum absolute atomic E-state index is 11.3. The molecule has 0 aliphatic rings. The molecule has 0 bridgehead atoms. The van der Waals surface area contributed by atoms with Gasteiger partial charge in [0, 0.05) is 14.1 Å². The van der Waals surface area contributed by atoms with Crippen molar-refractivity contribution in [2.45, 2.75) is 6.92 Å². The van der Waals surface area contributed by atoms with Gasteiger partial charge in [-0.3, -0.25) is 0 Å². The Kier molecular flexibility index (Phi) is 3.30. The zero-order valence-electron chi connectivity index (χ0n) is 8.34. The van der Waals surface area contributed by atoms with Crippen LogP contribution in [-0.2, 0) is 0 Å². The molecule has 76 valence electrons. The Bertz CT molecular complexity index is 352. The van der Waals surface area contributed by atoms with Crippen molar-refractivity contribution >= 4 is 23.3 Å². The third-order valence-corrected chi connectivity index (χ3v) is 2.07. The number of nitrogens with zero attached hydrogens (tertiary/aromatic N) is 2. The minimum absolute atomic E-state index is 0.187. The van der Waals surface area contributed by atoms with Crippen molar-refractivity contribution in [3.8, 4) is 0 Å². The summed E-state index contributed by atoms with van der Waals surface area (Å²) in [6.07, 6.45) is 1.52. The summed E-state index contributed by atoms with van der Waals surface area (Å²) in [5.74, 6) is 0. The smallest absolute Gasteiger partial charge is 0.321 e. The fourth-order valence-corrected chi connectivity index (χ4v) is 0.965. The molecular weight excluding hydrogens is 202 g/mol. The van der Waals surface area contributed by atoms with Crippen LogP contribution in [0.2, 0.25) is 5.15 Å². The highest BCUT2D eigenvalue weighted by Gasteiger charge is 2.05. The molecule has 0 aromatic carbocycles. The molecule has 2 amide bonds. The van der Waals surface area contributed by atoms with Crippen molar-refractivity contribution in [1.29, 1.82) is 0 Å². The monoisotopic (exact) mass is 213 g/mol. The molecule has 0 unspecified atom stereocenters. The predicted molar refractivity (Wildman–Crippen MR) is 56.7 cm³/mol. The average Bonchev–Trinajstić information content (AvgIpc) is 2.11. The van der Waals surface area contributed by atoms with E-state index in [1.807, 2.05) is 6.92 Å². The van der Waals surface area contributed by atoms with E-state index in [9.17, 15) is 4.79 Å². The van der Waals surface area contributed by atoms with Gasteiger partial charge in [0.05, 0.1) is 11.9 Å². The minimum atomic E-state index is -0.187. The number of nitrogens with one attached hydrogen (secondary N) is 1. The van der Waals surface area contributed by atoms with Gasteiger partial charge in [0.2, 0.25) is 0 Å². The molecule has 1 aromatic rings. The molecule has 0 fully saturated rings. The number of carbonyl (C=O) groups excluding carboxylic acids is 1. The number of carbonyl (C=O) groups is 1. The molecule has 0 atom stereocenters. The molecule has 0 radical (unpaired) electrons. The summed E-state index contributed by atoms with van der Waals surface area (Å²) in [7, 11) is 3.34. The Labute approximate surface area is 87.9 Å². The lowest BCUT2D eigenvalue weighted by Gasteiger charge is -2.12. The molecule has 1 N–H and O–H groups in total. The molecule has 1 rings (SSSR count). The van der Waals surface area contributed by atoms with Gasteiger partial charge in [-0.25, -0.2) is 9.78 Å². The van der Waals surface area contributed by atoms with Gasteiger partial charge in [-0.2, -0.15) is 0 Å². The number of hydrogen-bond acceptors (Lipinski definition) is 2. The van der Waals surface area contributed by atoms with Gasteiger partial charge >= 0.3 is 6.03 Å². The van der Waals surface area contributed by atoms with Crippen LogP contribution in [0.4, 0.5) is 10.5 Å². The SMILES string of the molecule is Cc1cc(NC(=O)N(C)C)cnc1Cl. The van der Waals surface area contributed by atoms with E-state index >= 15 is 0 Å². The molecule has 5 heteroatoms. The van der Waals surface area contributed by atoms with Crippen molar-refractivity contribution in [2.24, 2.45) is 0 Å². The number of pyridine rings is 1. The number of aromatic nitrogens is 1. The van der Waals surface area contributed by atoms with E-state index in [0.717, 1.165) is 5.56 Å². The van der Waals surface area contributed by atoms with Crippen LogP contribution >= 0.6 is 11.6 Å². The summed E-state index contributed by atoms with van der Waals surface area (Å²) in [5, 5.41) is 3.13. The van der Waals surface area contributed by atoms with Crippen molar-refractivity contribution in [2.75, 3.05) is 19.4 Å². The standard InChI is InChI=1S/C9H12ClN3O/c1-6-4-7(5-11-8(6)10)12-9(14)13(2)3/h4-5H,1-3H3,(H,12,14). The number of halogens is 1. The summed E-state index contributed by atoms with van der Waals surface area (Å²) in [6.45, 7) is 1.83. The topological polar surface area (TPSA) is 45.2 Å². The number of urea groups is 1. The maximum Gasteiger partial charge on any atom is 0.321 e. The van der Waals surface area contributed by atoms with Gasteiger partial charge in [0.15, 0.2) is 0 Å². The van der Waals surface area contributed by atoms with E-state index in [1.165, 1.54) is 11.1 Å². The first-order chi connectivity index (χ1) is 6.50. The molecule has 0 spiro atoms. The van der Waals surface area contributed by atoms with Crippen LogP contribution in [0.25, 0.3) is 0 Å². The normalized spacial score (nSPS) is 9.71. The molecule has 1 aromatic heterocycles. The van der Waals surface area contributed by atoms with E-state index < -0.39 is 0 Å². The van der Waals surface area contributed by atoms with Crippen LogP contribution in [-0.4, -0.2) is 30.0 Å². The van der Waals surface area contributed by atoms with Crippen LogP contribution in [0.3, 0.4) is 0 Å². The molecule has 0 saturated carbocycles. The number of amides is 2. The van der Waals surface area contributed by atoms with Crippen LogP contribution in [0.1, 0.15) is 5.56 Å². The van der Waals surface area contributed by atoms with Crippen LogP contribution in [0.15, 0.2) is 12.3 Å². The summed E-state index contributed by atoms with van der Waals surface area (Å²) in [4.78, 5) is 16.6. The second-order valence-corrected chi connectivity index (χ2v) is 3.51. The van der Waals surface area contributed by atoms with E-state index in [4.69, 9.17) is 11.6 Å². The maximum atomic E-state index is 11.3. The molecule has 0 saturated heterocycles. The van der Waals surface area contributed by atoms with Gasteiger partial charge in [0.1, 0.15) is 5.15 Å². The first-order valence-corrected chi connectivity index (χ1v) is 4.49. The van der Waals surface area contributed by atoms with Crippen molar-refractivity contribution in [3.05, 3.63) is 23.0 Å². The first-order valence-electron chi connectivity index (χ1n) is 4.11. The van der Waals surface area contributed by atoms with Gasteiger partial charge in [0.25, 0.3) is 0 Å². The summed E-state index contributed by atoms with van der Waals surface area (Å²) in [5.41, 5.74) is 1.48. The van der Waals surface area contributed by atoms with E-state index in [-0.39, 0.29) is 6.03 Å². The summed E-state index contributed by atoms with van der Waals surface area (Å²) < 4.78 is 0. The van der Waals surface area contributed by atoms with Gasteiger partial charge in [-0.05, 0) is 18.6 Å². The third kappa shape index (κ3) is 2.60. The highest BCUT2D eigenvalue weighted by molar-refractivity contribution is 6.30. The Hall–Kier alpha value is -1.29. The highest BCUT2D eigenvalue weighted by Crippen LogP contribution is 2.15. The number of rotatable bonds is 1. The molecule has 1 heterocycles. The van der Waals surface area contributed by atoms with E-state index in [2.05, 4.69) is 10.3 Å². The number of anilines is 1. The predicted octanol–water partition coefficient (Wildman–Crippen LogP) is 2.14. The van der Waals surface area contributed by atoms with Crippen LogP contribution < -0.4 is 5.32 Å². The molecule has 14 heavy (non-hydrogen) atoms. The fraction of sp³-hybridized carbons (Fsp3) is 0.333. The van der Waals surface area contributed by atoms with Crippen LogP contribution in [0.5, 0.6) is 0 Å². The fourth-order valence-electron chi connectivity index (χ4n) is 0.862. The Morgan fingerprint density at radius 2 is 2.21 bits per heavy atom. The van der Waals surface area contributed by atoms with Crippen molar-refractivity contribution in [3.63, 3.8) is 0 Å². The second kappa shape index (κ2) is 4.28. The van der Waals surface area contributed by atoms with E-state index in [0.29, 0.717) is 10.8 Å². The van der Waals surface area contributed by atoms with Gasteiger partial charge < -0.3 is 10.2 Å². The van der Waals surface area contributed by atoms with Gasteiger partial charge in [-0.15, -0.1) is 0 Å². The quantitative estimate of drug-likeness (QED) is 0.727. The Morgan fingerprint density at radius 3 is 2.71 bits per heavy atom. The number of hydrogen-bond donors (Lipinski definition) is 1. The molecule has 0 aliphatic heterocycles. The lowest BCUT2D eigenvalue weighted by molar-refractivity contribution is 0.230. The largest absolute Gasteiger partial charge is 0.331 e. The Balaban J connectivity index is 2.78. The number of aryl methyl sites for hydroxylation is 1. The minimum Gasteiger partial charge on any atom is -0.331 e. The third-order valence-electron chi connectivity index (χ3n) is 1.67. The van der Waals surface area contributed by atoms with Crippen LogP contribution in [0, 0.1) is 6.92 Å². The first kappa shape index (κ1) is 10.8. The van der Waals surface area contributed by atoms with Crippen molar-refractivity contribution in [1.82, 2.24) is 9.88 Å². The lowest BCUT2D eigenvalue weighted by Crippen LogP contribution is -2.27. The Morgan fingerprint density at radius 1 is 1.57 bits per heavy atom. The van der Waals surface area contributed by atoms with E-state index in [1.54, 1.807) is 20.2 Å². The summed E-state index contributed by atoms with van der Waals surface area (Å²) >= 11 is 5.75. The summed E-state index contributed by atoms with van der Waals surface area (Å²) in [6, 6.07) is 1.59. The molecule has 0 aliphatic carbocycles. The van der Waals surface area contributed by atoms with Gasteiger partial charge in [-0.1, -0.05) is 11.6 Å². The lowest BCUT2D eigenvalue weighted by atomic mass is 10.3. The highest BCUT2D eigenvalue weighted by atomic mass is 35.5. The molecular formula is C9H12ClN3O. The second-order valence-electron chi connectivity index (χ2n) is 3.16.